The zero-order valence-electron chi connectivity index (χ0n) is 9.88. The summed E-state index contributed by atoms with van der Waals surface area (Å²) in [5.74, 6) is -0.722. The van der Waals surface area contributed by atoms with Crippen molar-refractivity contribution in [2.75, 3.05) is 7.11 Å². The number of alkyl halides is 3. The fourth-order valence-electron chi connectivity index (χ4n) is 1.72. The fraction of sp³-hybridized carbons (Fsp3) is 0.273. The smallest absolute Gasteiger partial charge is 0.417 e. The molecule has 19 heavy (non-hydrogen) atoms. The van der Waals surface area contributed by atoms with Gasteiger partial charge in [0.05, 0.1) is 21.9 Å². The van der Waals surface area contributed by atoms with Crippen molar-refractivity contribution < 1.29 is 22.7 Å². The van der Waals surface area contributed by atoms with Crippen molar-refractivity contribution in [1.29, 1.82) is 0 Å². The molecule has 2 heterocycles. The molecule has 4 nitrogen and oxygen atoms in total. The molecule has 2 aromatic rings. The highest BCUT2D eigenvalue weighted by molar-refractivity contribution is 14.1. The fourth-order valence-corrected chi connectivity index (χ4v) is 2.43. The van der Waals surface area contributed by atoms with Crippen LogP contribution in [0.2, 0.25) is 0 Å². The molecule has 0 radical (unpaired) electrons. The van der Waals surface area contributed by atoms with Gasteiger partial charge in [0, 0.05) is 6.20 Å². The quantitative estimate of drug-likeness (QED) is 0.561. The van der Waals surface area contributed by atoms with Crippen LogP contribution in [0.15, 0.2) is 12.3 Å². The molecule has 0 saturated carbocycles. The minimum absolute atomic E-state index is 0.00140. The number of methoxy groups -OCH3 is 1. The number of imidazole rings is 1. The molecular formula is C11H8F3IN2O2. The molecule has 0 aromatic carbocycles. The van der Waals surface area contributed by atoms with E-state index in [1.807, 2.05) is 0 Å². The first-order valence-electron chi connectivity index (χ1n) is 5.09. The van der Waals surface area contributed by atoms with Crippen molar-refractivity contribution in [1.82, 2.24) is 9.38 Å². The van der Waals surface area contributed by atoms with Gasteiger partial charge >= 0.3 is 12.1 Å². The number of carbonyl (C=O) groups excluding carboxylic acids is 1. The number of hydrogen-bond donors (Lipinski definition) is 0. The van der Waals surface area contributed by atoms with Crippen molar-refractivity contribution in [2.24, 2.45) is 0 Å². The lowest BCUT2D eigenvalue weighted by Gasteiger charge is -2.09. The number of pyridine rings is 1. The maximum absolute atomic E-state index is 12.8. The van der Waals surface area contributed by atoms with E-state index in [-0.39, 0.29) is 5.69 Å². The van der Waals surface area contributed by atoms with Gasteiger partial charge in [0.25, 0.3) is 0 Å². The Morgan fingerprint density at radius 1 is 1.47 bits per heavy atom. The molecule has 0 amide bonds. The summed E-state index contributed by atoms with van der Waals surface area (Å²) in [6.07, 6.45) is -3.64. The highest BCUT2D eigenvalue weighted by atomic mass is 127. The average Bonchev–Trinajstić information content (AvgIpc) is 2.64. The number of hydrogen-bond acceptors (Lipinski definition) is 3. The Morgan fingerprint density at radius 3 is 2.63 bits per heavy atom. The van der Waals surface area contributed by atoms with Gasteiger partial charge < -0.3 is 4.74 Å². The molecule has 0 aliphatic rings. The molecule has 0 fully saturated rings. The molecular weight excluding hydrogens is 376 g/mol. The van der Waals surface area contributed by atoms with Gasteiger partial charge in [-0.3, -0.25) is 4.40 Å². The van der Waals surface area contributed by atoms with E-state index >= 15 is 0 Å². The van der Waals surface area contributed by atoms with Crippen LogP contribution < -0.4 is 0 Å². The van der Waals surface area contributed by atoms with Crippen LogP contribution in [0, 0.1) is 10.5 Å². The molecule has 0 unspecified atom stereocenters. The molecule has 0 N–H and O–H groups in total. The standard InChI is InChI=1S/C11H8F3IN2O2/c1-5-8(10(18)19-2)17-4-6(11(12,13)14)3-7(15)9(17)16-5/h3-4H,1-2H3. The number of fused-ring (bicyclic) bond motifs is 1. The number of esters is 1. The Kier molecular flexibility index (Phi) is 3.45. The molecule has 0 atom stereocenters. The Labute approximate surface area is 119 Å². The lowest BCUT2D eigenvalue weighted by Crippen LogP contribution is -2.11. The first-order chi connectivity index (χ1) is 8.75. The summed E-state index contributed by atoms with van der Waals surface area (Å²) in [5, 5.41) is 0. The van der Waals surface area contributed by atoms with E-state index < -0.39 is 17.7 Å². The van der Waals surface area contributed by atoms with E-state index in [4.69, 9.17) is 0 Å². The van der Waals surface area contributed by atoms with Gasteiger partial charge in [-0.1, -0.05) is 0 Å². The summed E-state index contributed by atoms with van der Waals surface area (Å²) in [7, 11) is 1.17. The Hall–Kier alpha value is -1.32. The van der Waals surface area contributed by atoms with Gasteiger partial charge in [0.15, 0.2) is 11.3 Å². The van der Waals surface area contributed by atoms with Crippen LogP contribution in [0.25, 0.3) is 5.65 Å². The summed E-state index contributed by atoms with van der Waals surface area (Å²) >= 11 is 1.75. The second-order valence-corrected chi connectivity index (χ2v) is 4.97. The summed E-state index contributed by atoms with van der Waals surface area (Å²) in [6.45, 7) is 1.54. The van der Waals surface area contributed by atoms with Crippen molar-refractivity contribution in [3.63, 3.8) is 0 Å². The van der Waals surface area contributed by atoms with Gasteiger partial charge in [-0.15, -0.1) is 0 Å². The predicted molar refractivity (Wildman–Crippen MR) is 69.0 cm³/mol. The van der Waals surface area contributed by atoms with Gasteiger partial charge in [-0.25, -0.2) is 9.78 Å². The average molecular weight is 384 g/mol. The molecule has 0 aliphatic carbocycles. The molecule has 8 heteroatoms. The zero-order chi connectivity index (χ0) is 14.4. The minimum Gasteiger partial charge on any atom is -0.464 e. The van der Waals surface area contributed by atoms with Crippen LogP contribution in [0.1, 0.15) is 21.7 Å². The van der Waals surface area contributed by atoms with E-state index in [2.05, 4.69) is 9.72 Å². The molecule has 0 bridgehead atoms. The number of nitrogens with zero attached hydrogens (tertiary/aromatic N) is 2. The third kappa shape index (κ3) is 2.40. The van der Waals surface area contributed by atoms with Gasteiger partial charge in [-0.05, 0) is 35.6 Å². The first kappa shape index (κ1) is 14.1. The number of halogens is 4. The van der Waals surface area contributed by atoms with E-state index in [0.29, 0.717) is 14.9 Å². The van der Waals surface area contributed by atoms with Crippen LogP contribution in [0.4, 0.5) is 13.2 Å². The van der Waals surface area contributed by atoms with E-state index in [9.17, 15) is 18.0 Å². The normalized spacial score (nSPS) is 11.9. The molecule has 0 spiro atoms. The van der Waals surface area contributed by atoms with Crippen molar-refractivity contribution >= 4 is 34.2 Å². The van der Waals surface area contributed by atoms with Crippen LogP contribution in [0.3, 0.4) is 0 Å². The Balaban J connectivity index is 2.81. The molecule has 2 aromatic heterocycles. The monoisotopic (exact) mass is 384 g/mol. The number of aromatic nitrogens is 2. The summed E-state index contributed by atoms with van der Waals surface area (Å²) in [4.78, 5) is 15.7. The van der Waals surface area contributed by atoms with Crippen LogP contribution >= 0.6 is 22.6 Å². The largest absolute Gasteiger partial charge is 0.464 e. The van der Waals surface area contributed by atoms with Crippen molar-refractivity contribution in [2.45, 2.75) is 13.1 Å². The van der Waals surface area contributed by atoms with Crippen LogP contribution in [-0.4, -0.2) is 22.5 Å². The lowest BCUT2D eigenvalue weighted by atomic mass is 10.2. The molecule has 0 aliphatic heterocycles. The van der Waals surface area contributed by atoms with Gasteiger partial charge in [-0.2, -0.15) is 13.2 Å². The van der Waals surface area contributed by atoms with Gasteiger partial charge in [0.2, 0.25) is 0 Å². The zero-order valence-corrected chi connectivity index (χ0v) is 12.0. The Morgan fingerprint density at radius 2 is 2.11 bits per heavy atom. The van der Waals surface area contributed by atoms with Gasteiger partial charge in [0.1, 0.15) is 0 Å². The summed E-state index contributed by atoms with van der Waals surface area (Å²) in [6, 6.07) is 0.989. The maximum Gasteiger partial charge on any atom is 0.417 e. The predicted octanol–water partition coefficient (Wildman–Crippen LogP) is 3.05. The van der Waals surface area contributed by atoms with Crippen molar-refractivity contribution in [3.8, 4) is 0 Å². The first-order valence-corrected chi connectivity index (χ1v) is 6.17. The van der Waals surface area contributed by atoms with Crippen LogP contribution in [-0.2, 0) is 10.9 Å². The number of ether oxygens (including phenoxy) is 1. The lowest BCUT2D eigenvalue weighted by molar-refractivity contribution is -0.137. The third-order valence-corrected chi connectivity index (χ3v) is 3.35. The Bertz CT molecular complexity index is 664. The van der Waals surface area contributed by atoms with E-state index in [1.54, 1.807) is 29.5 Å². The third-order valence-electron chi connectivity index (χ3n) is 2.56. The molecule has 0 saturated heterocycles. The highest BCUT2D eigenvalue weighted by Gasteiger charge is 2.32. The second kappa shape index (κ2) is 4.66. The van der Waals surface area contributed by atoms with E-state index in [1.165, 1.54) is 7.11 Å². The SMILES string of the molecule is COC(=O)c1c(C)nc2c(I)cc(C(F)(F)F)cn12. The molecule has 102 valence electrons. The van der Waals surface area contributed by atoms with Crippen LogP contribution in [0.5, 0.6) is 0 Å². The maximum atomic E-state index is 12.8. The van der Waals surface area contributed by atoms with E-state index in [0.717, 1.165) is 16.7 Å². The number of aryl methyl sites for hydroxylation is 1. The summed E-state index contributed by atoms with van der Waals surface area (Å²) in [5.41, 5.74) is -0.218. The number of rotatable bonds is 1. The highest BCUT2D eigenvalue weighted by Crippen LogP contribution is 2.32. The molecule has 2 rings (SSSR count). The topological polar surface area (TPSA) is 43.6 Å². The summed E-state index contributed by atoms with van der Waals surface area (Å²) < 4.78 is 44.3. The second-order valence-electron chi connectivity index (χ2n) is 3.81. The number of carbonyl (C=O) groups is 1. The minimum atomic E-state index is -4.49. The van der Waals surface area contributed by atoms with Crippen molar-refractivity contribution in [3.05, 3.63) is 32.8 Å².